The summed E-state index contributed by atoms with van der Waals surface area (Å²) >= 11 is 0. The Morgan fingerprint density at radius 1 is 1.07 bits per heavy atom. The number of ether oxygens (including phenoxy) is 1. The Morgan fingerprint density at radius 2 is 1.76 bits per heavy atom. The van der Waals surface area contributed by atoms with Gasteiger partial charge in [-0.3, -0.25) is 0 Å². The highest BCUT2D eigenvalue weighted by molar-refractivity contribution is 5.51. The molecule has 1 nitrogen and oxygen atoms in total. The van der Waals surface area contributed by atoms with Crippen LogP contribution in [0.5, 0.6) is 0 Å². The number of hydrogen-bond donors (Lipinski definition) is 0. The van der Waals surface area contributed by atoms with Gasteiger partial charge in [0.2, 0.25) is 0 Å². The molecule has 1 aromatic carbocycles. The van der Waals surface area contributed by atoms with Gasteiger partial charge in [0, 0.05) is 17.2 Å². The van der Waals surface area contributed by atoms with E-state index in [2.05, 4.69) is 26.3 Å². The van der Waals surface area contributed by atoms with Crippen molar-refractivity contribution in [2.45, 2.75) is 26.7 Å². The van der Waals surface area contributed by atoms with E-state index in [1.54, 1.807) is 44.2 Å². The fourth-order valence-corrected chi connectivity index (χ4v) is 2.41. The fraction of sp³-hybridized carbons (Fsp3) is 0.200. The van der Waals surface area contributed by atoms with E-state index in [4.69, 9.17) is 4.74 Å². The summed E-state index contributed by atoms with van der Waals surface area (Å²) in [6, 6.07) is 3.11. The fourth-order valence-electron chi connectivity index (χ4n) is 2.41. The molecule has 0 aromatic heterocycles. The number of aryl methyl sites for hydroxylation is 1. The highest BCUT2D eigenvalue weighted by Gasteiger charge is 2.12. The molecule has 0 unspecified atom stereocenters. The zero-order valence-electron chi connectivity index (χ0n) is 17.0. The third-order valence-electron chi connectivity index (χ3n) is 4.07. The van der Waals surface area contributed by atoms with Crippen LogP contribution in [0, 0.1) is 11.6 Å². The summed E-state index contributed by atoms with van der Waals surface area (Å²) in [6.45, 7) is 18.8. The van der Waals surface area contributed by atoms with Gasteiger partial charge in [0.15, 0.2) is 11.6 Å². The molecule has 4 heteroatoms. The quantitative estimate of drug-likeness (QED) is 0.275. The van der Waals surface area contributed by atoms with E-state index in [-0.39, 0.29) is 28.9 Å². The Bertz CT molecular complexity index is 886. The molecule has 1 rings (SSSR count). The van der Waals surface area contributed by atoms with Crippen molar-refractivity contribution in [3.05, 3.63) is 114 Å². The van der Waals surface area contributed by atoms with E-state index in [0.717, 1.165) is 6.08 Å². The van der Waals surface area contributed by atoms with Gasteiger partial charge in [-0.2, -0.15) is 0 Å². The largest absolute Gasteiger partial charge is 0.494 e. The van der Waals surface area contributed by atoms with Gasteiger partial charge in [-0.05, 0) is 37.8 Å². The molecule has 0 N–H and O–H groups in total. The molecule has 0 aliphatic carbocycles. The molecule has 0 radical (unpaired) electrons. The average Bonchev–Trinajstić information content (AvgIpc) is 2.68. The van der Waals surface area contributed by atoms with Crippen molar-refractivity contribution in [1.29, 1.82) is 0 Å². The Morgan fingerprint density at radius 3 is 2.38 bits per heavy atom. The molecule has 0 fully saturated rings. The van der Waals surface area contributed by atoms with Crippen LogP contribution in [0.4, 0.5) is 13.2 Å². The lowest BCUT2D eigenvalue weighted by molar-refractivity contribution is 0.243. The number of benzene rings is 1. The average molecular weight is 400 g/mol. The zero-order chi connectivity index (χ0) is 22.0. The maximum Gasteiger partial charge on any atom is 0.166 e. The van der Waals surface area contributed by atoms with Crippen molar-refractivity contribution in [3.8, 4) is 0 Å². The molecule has 0 heterocycles. The van der Waals surface area contributed by atoms with Crippen molar-refractivity contribution in [2.24, 2.45) is 0 Å². The summed E-state index contributed by atoms with van der Waals surface area (Å²) in [7, 11) is 0. The van der Waals surface area contributed by atoms with E-state index in [1.165, 1.54) is 6.08 Å². The maximum absolute atomic E-state index is 14.2. The van der Waals surface area contributed by atoms with Crippen LogP contribution in [0.3, 0.4) is 0 Å². The van der Waals surface area contributed by atoms with Crippen molar-refractivity contribution in [1.82, 2.24) is 0 Å². The normalized spacial score (nSPS) is 11.8. The molecular weight excluding hydrogens is 373 g/mol. The van der Waals surface area contributed by atoms with Crippen LogP contribution in [0.15, 0.2) is 91.1 Å². The van der Waals surface area contributed by atoms with Gasteiger partial charge in [-0.15, -0.1) is 0 Å². The van der Waals surface area contributed by atoms with Crippen molar-refractivity contribution < 1.29 is 17.9 Å². The Kier molecular flexibility index (Phi) is 9.73. The smallest absolute Gasteiger partial charge is 0.166 e. The third kappa shape index (κ3) is 7.49. The van der Waals surface area contributed by atoms with Crippen LogP contribution < -0.4 is 0 Å². The molecule has 0 aliphatic rings. The van der Waals surface area contributed by atoms with E-state index < -0.39 is 17.5 Å². The van der Waals surface area contributed by atoms with Gasteiger partial charge in [0.05, 0.1) is 6.61 Å². The van der Waals surface area contributed by atoms with E-state index in [1.807, 2.05) is 0 Å². The summed E-state index contributed by atoms with van der Waals surface area (Å²) < 4.78 is 47.3. The maximum atomic E-state index is 14.2. The van der Waals surface area contributed by atoms with Crippen LogP contribution >= 0.6 is 0 Å². The number of rotatable bonds is 11. The molecule has 0 atom stereocenters. The molecule has 0 saturated carbocycles. The predicted molar refractivity (Wildman–Crippen MR) is 116 cm³/mol. The minimum absolute atomic E-state index is 0.0996. The summed E-state index contributed by atoms with van der Waals surface area (Å²) in [6.07, 6.45) is 8.24. The minimum atomic E-state index is -0.859. The van der Waals surface area contributed by atoms with Gasteiger partial charge >= 0.3 is 0 Å². The molecular formula is C25H27F3O. The van der Waals surface area contributed by atoms with E-state index >= 15 is 0 Å². The Balaban J connectivity index is 2.70. The minimum Gasteiger partial charge on any atom is -0.494 e. The second-order valence-corrected chi connectivity index (χ2v) is 6.33. The van der Waals surface area contributed by atoms with Crippen LogP contribution in [-0.2, 0) is 11.2 Å². The molecule has 0 saturated heterocycles. The Hall–Kier alpha value is -3.01. The van der Waals surface area contributed by atoms with Gasteiger partial charge in [0.25, 0.3) is 0 Å². The predicted octanol–water partition coefficient (Wildman–Crippen LogP) is 7.56. The first-order chi connectivity index (χ1) is 13.7. The number of hydrogen-bond acceptors (Lipinski definition) is 1. The highest BCUT2D eigenvalue weighted by Crippen LogP contribution is 2.22. The van der Waals surface area contributed by atoms with Crippen molar-refractivity contribution in [3.63, 3.8) is 0 Å². The van der Waals surface area contributed by atoms with E-state index in [9.17, 15) is 13.2 Å². The van der Waals surface area contributed by atoms with Crippen LogP contribution in [0.25, 0.3) is 6.08 Å². The van der Waals surface area contributed by atoms with E-state index in [0.29, 0.717) is 24.2 Å². The molecule has 0 aliphatic heterocycles. The first kappa shape index (κ1) is 24.0. The van der Waals surface area contributed by atoms with Crippen LogP contribution in [0.2, 0.25) is 0 Å². The second kappa shape index (κ2) is 11.7. The molecule has 0 spiro atoms. The molecule has 0 bridgehead atoms. The summed E-state index contributed by atoms with van der Waals surface area (Å²) in [5.41, 5.74) is 1.61. The molecule has 29 heavy (non-hydrogen) atoms. The van der Waals surface area contributed by atoms with Crippen molar-refractivity contribution >= 4 is 6.08 Å². The first-order valence-electron chi connectivity index (χ1n) is 9.24. The van der Waals surface area contributed by atoms with Crippen molar-refractivity contribution in [2.75, 3.05) is 6.61 Å². The molecule has 0 amide bonds. The highest BCUT2D eigenvalue weighted by atomic mass is 19.2. The standard InChI is InChI=1S/C25H27F3O/c1-7-9-21-14-15-22(25(28)24(21)27)13-11-17(3)10-12-18(4)20(6)23(26)16-19(5)29-8-2/h7,9-10,12,14-16H,3-6,8,11,13H2,1-2H3/b9-7+,12-10-,23-16+. The first-order valence-corrected chi connectivity index (χ1v) is 9.24. The third-order valence-corrected chi connectivity index (χ3v) is 4.07. The Labute approximate surface area is 171 Å². The second-order valence-electron chi connectivity index (χ2n) is 6.33. The van der Waals surface area contributed by atoms with Gasteiger partial charge in [-0.1, -0.05) is 68.3 Å². The molecule has 154 valence electrons. The zero-order valence-corrected chi connectivity index (χ0v) is 17.0. The van der Waals surface area contributed by atoms with Crippen LogP contribution in [0.1, 0.15) is 31.4 Å². The molecule has 1 aromatic rings. The van der Waals surface area contributed by atoms with Gasteiger partial charge in [0.1, 0.15) is 11.6 Å². The monoisotopic (exact) mass is 400 g/mol. The topological polar surface area (TPSA) is 9.23 Å². The summed E-state index contributed by atoms with van der Waals surface area (Å²) in [5.74, 6) is -2.11. The summed E-state index contributed by atoms with van der Waals surface area (Å²) in [4.78, 5) is 0. The van der Waals surface area contributed by atoms with Crippen LogP contribution in [-0.4, -0.2) is 6.61 Å². The lowest BCUT2D eigenvalue weighted by Crippen LogP contribution is -1.97. The lowest BCUT2D eigenvalue weighted by Gasteiger charge is -2.07. The summed E-state index contributed by atoms with van der Waals surface area (Å²) in [5, 5.41) is 0. The number of halogens is 3. The lowest BCUT2D eigenvalue weighted by atomic mass is 10.0. The number of allylic oxidation sites excluding steroid dienone is 8. The SMILES string of the molecule is C=C(/C=C\C(=C)C(=C)/C(F)=C\C(=C)OCC)CCc1ccc(/C=C/C)c(F)c1F. The van der Waals surface area contributed by atoms with Gasteiger partial charge in [-0.25, -0.2) is 13.2 Å². The van der Waals surface area contributed by atoms with Gasteiger partial charge < -0.3 is 4.74 Å².